The van der Waals surface area contributed by atoms with Gasteiger partial charge in [0.2, 0.25) is 10.0 Å². The average Bonchev–Trinajstić information content (AvgIpc) is 3.25. The fraction of sp³-hybridized carbons (Fsp3) is 0.455. The minimum atomic E-state index is -3.94. The molecule has 21 heavy (non-hydrogen) atoms. The summed E-state index contributed by atoms with van der Waals surface area (Å²) >= 11 is 1.60. The maximum atomic E-state index is 12.3. The van der Waals surface area contributed by atoms with E-state index in [2.05, 4.69) is 10.1 Å². The van der Waals surface area contributed by atoms with E-state index in [1.54, 1.807) is 11.8 Å². The zero-order valence-corrected chi connectivity index (χ0v) is 13.0. The Hall–Kier alpha value is -1.36. The van der Waals surface area contributed by atoms with Crippen LogP contribution < -0.4 is 16.0 Å². The standard InChI is InChI=1S/C11H16N4O4S2/c1-20-11(4-5-11)7-13-21(18,19)10-3-2-8(14-12)6-9(10)15(16)17/h2-3,6,13-14H,4-5,7,12H2,1H3. The molecule has 1 saturated carbocycles. The van der Waals surface area contributed by atoms with Gasteiger partial charge in [-0.2, -0.15) is 11.8 Å². The summed E-state index contributed by atoms with van der Waals surface area (Å²) in [6, 6.07) is 3.65. The molecule has 4 N–H and O–H groups in total. The highest BCUT2D eigenvalue weighted by molar-refractivity contribution is 8.00. The molecule has 0 aliphatic heterocycles. The number of nitrogens with zero attached hydrogens (tertiary/aromatic N) is 1. The highest BCUT2D eigenvalue weighted by atomic mass is 32.2. The van der Waals surface area contributed by atoms with Crippen LogP contribution in [0.4, 0.5) is 11.4 Å². The van der Waals surface area contributed by atoms with Crippen LogP contribution >= 0.6 is 11.8 Å². The Morgan fingerprint density at radius 2 is 2.14 bits per heavy atom. The second-order valence-corrected chi connectivity index (χ2v) is 7.81. The van der Waals surface area contributed by atoms with Gasteiger partial charge in [0.05, 0.1) is 10.6 Å². The van der Waals surface area contributed by atoms with E-state index in [9.17, 15) is 18.5 Å². The molecule has 10 heteroatoms. The number of hydrogen-bond acceptors (Lipinski definition) is 7. The molecule has 0 amide bonds. The van der Waals surface area contributed by atoms with Crippen LogP contribution in [0.15, 0.2) is 23.1 Å². The Morgan fingerprint density at radius 3 is 2.62 bits per heavy atom. The van der Waals surface area contributed by atoms with Gasteiger partial charge in [-0.25, -0.2) is 13.1 Å². The lowest BCUT2D eigenvalue weighted by Crippen LogP contribution is -2.32. The largest absolute Gasteiger partial charge is 0.324 e. The van der Waals surface area contributed by atoms with Crippen molar-refractivity contribution in [1.82, 2.24) is 4.72 Å². The molecule has 8 nitrogen and oxygen atoms in total. The van der Waals surface area contributed by atoms with Gasteiger partial charge in [0.1, 0.15) is 0 Å². The summed E-state index contributed by atoms with van der Waals surface area (Å²) in [7, 11) is -3.94. The highest BCUT2D eigenvalue weighted by Gasteiger charge is 2.43. The van der Waals surface area contributed by atoms with E-state index in [0.29, 0.717) is 0 Å². The van der Waals surface area contributed by atoms with Crippen molar-refractivity contribution in [2.24, 2.45) is 5.84 Å². The number of rotatable bonds is 7. The van der Waals surface area contributed by atoms with Crippen LogP contribution in [0.1, 0.15) is 12.8 Å². The smallest absolute Gasteiger partial charge is 0.291 e. The molecule has 2 rings (SSSR count). The molecule has 0 saturated heterocycles. The summed E-state index contributed by atoms with van der Waals surface area (Å²) in [6.07, 6.45) is 3.80. The van der Waals surface area contributed by atoms with Gasteiger partial charge in [0, 0.05) is 17.4 Å². The lowest BCUT2D eigenvalue weighted by atomic mass is 10.3. The molecule has 0 bridgehead atoms. The van der Waals surface area contributed by atoms with Crippen LogP contribution in [0.25, 0.3) is 0 Å². The third-order valence-corrected chi connectivity index (χ3v) is 6.30. The number of sulfonamides is 1. The molecule has 1 aliphatic carbocycles. The number of hydrazine groups is 1. The highest BCUT2D eigenvalue weighted by Crippen LogP contribution is 2.46. The summed E-state index contributed by atoms with van der Waals surface area (Å²) < 4.78 is 26.9. The molecule has 0 unspecified atom stereocenters. The number of nitrogen functional groups attached to an aromatic ring is 1. The maximum Gasteiger partial charge on any atom is 0.291 e. The maximum absolute atomic E-state index is 12.3. The van der Waals surface area contributed by atoms with Crippen LogP contribution in [-0.4, -0.2) is 30.9 Å². The van der Waals surface area contributed by atoms with Crippen LogP contribution in [0, 0.1) is 10.1 Å². The molecular formula is C11H16N4O4S2. The van der Waals surface area contributed by atoms with Gasteiger partial charge in [-0.1, -0.05) is 0 Å². The first-order valence-electron chi connectivity index (χ1n) is 6.13. The molecule has 0 spiro atoms. The number of thioether (sulfide) groups is 1. The van der Waals surface area contributed by atoms with Gasteiger partial charge in [0.25, 0.3) is 5.69 Å². The third kappa shape index (κ3) is 3.46. The van der Waals surface area contributed by atoms with E-state index in [0.717, 1.165) is 18.9 Å². The van der Waals surface area contributed by atoms with Gasteiger partial charge < -0.3 is 5.43 Å². The predicted molar refractivity (Wildman–Crippen MR) is 81.6 cm³/mol. The van der Waals surface area contributed by atoms with Crippen molar-refractivity contribution in [2.75, 3.05) is 18.2 Å². The van der Waals surface area contributed by atoms with Crippen molar-refractivity contribution in [2.45, 2.75) is 22.5 Å². The van der Waals surface area contributed by atoms with Crippen LogP contribution in [-0.2, 0) is 10.0 Å². The normalized spacial score (nSPS) is 16.5. The minimum absolute atomic E-state index is 0.0688. The van der Waals surface area contributed by atoms with Crippen molar-refractivity contribution >= 4 is 33.2 Å². The Kier molecular flexibility index (Phi) is 4.42. The predicted octanol–water partition coefficient (Wildman–Crippen LogP) is 1.05. The SMILES string of the molecule is CSC1(CNS(=O)(=O)c2ccc(NN)cc2[N+](=O)[O-])CC1. The Morgan fingerprint density at radius 1 is 1.48 bits per heavy atom. The van der Waals surface area contributed by atoms with E-state index < -0.39 is 20.6 Å². The number of nitrogens with one attached hydrogen (secondary N) is 2. The number of nitro groups is 1. The first-order valence-corrected chi connectivity index (χ1v) is 8.84. The molecule has 116 valence electrons. The number of hydrogen-bond donors (Lipinski definition) is 3. The van der Waals surface area contributed by atoms with Crippen LogP contribution in [0.2, 0.25) is 0 Å². The van der Waals surface area contributed by atoms with Crippen molar-refractivity contribution in [3.8, 4) is 0 Å². The van der Waals surface area contributed by atoms with Crippen molar-refractivity contribution in [3.63, 3.8) is 0 Å². The van der Waals surface area contributed by atoms with Crippen molar-refractivity contribution in [3.05, 3.63) is 28.3 Å². The second-order valence-electron chi connectivity index (χ2n) is 4.80. The first-order chi connectivity index (χ1) is 9.83. The summed E-state index contributed by atoms with van der Waals surface area (Å²) in [5.74, 6) is 5.18. The number of anilines is 1. The van der Waals surface area contributed by atoms with E-state index in [4.69, 9.17) is 5.84 Å². The zero-order valence-electron chi connectivity index (χ0n) is 11.3. The molecule has 0 aromatic heterocycles. The summed E-state index contributed by atoms with van der Waals surface area (Å²) in [5.41, 5.74) is 2.01. The van der Waals surface area contributed by atoms with Gasteiger partial charge in [-0.05, 0) is 31.2 Å². The molecule has 0 atom stereocenters. The van der Waals surface area contributed by atoms with E-state index in [1.165, 1.54) is 12.1 Å². The molecule has 0 radical (unpaired) electrons. The lowest BCUT2D eigenvalue weighted by molar-refractivity contribution is -0.387. The Bertz CT molecular complexity index is 658. The molecular weight excluding hydrogens is 316 g/mol. The van der Waals surface area contributed by atoms with Crippen LogP contribution in [0.5, 0.6) is 0 Å². The van der Waals surface area contributed by atoms with Gasteiger partial charge in [0.15, 0.2) is 4.90 Å². The zero-order chi connectivity index (χ0) is 15.7. The number of nitro benzene ring substituents is 1. The first kappa shape index (κ1) is 16.0. The molecule has 1 fully saturated rings. The lowest BCUT2D eigenvalue weighted by Gasteiger charge is -2.13. The minimum Gasteiger partial charge on any atom is -0.324 e. The Balaban J connectivity index is 2.28. The van der Waals surface area contributed by atoms with Crippen LogP contribution in [0.3, 0.4) is 0 Å². The van der Waals surface area contributed by atoms with Crippen molar-refractivity contribution in [1.29, 1.82) is 0 Å². The molecule has 0 heterocycles. The topological polar surface area (TPSA) is 127 Å². The van der Waals surface area contributed by atoms with Gasteiger partial charge in [-0.15, -0.1) is 0 Å². The fourth-order valence-electron chi connectivity index (χ4n) is 1.87. The average molecular weight is 332 g/mol. The van der Waals surface area contributed by atoms with Gasteiger partial charge >= 0.3 is 0 Å². The number of benzene rings is 1. The summed E-state index contributed by atoms with van der Waals surface area (Å²) in [4.78, 5) is 9.95. The van der Waals surface area contributed by atoms with Gasteiger partial charge in [-0.3, -0.25) is 16.0 Å². The quantitative estimate of drug-likeness (QED) is 0.387. The van der Waals surface area contributed by atoms with E-state index in [-0.39, 0.29) is 21.9 Å². The van der Waals surface area contributed by atoms with E-state index in [1.807, 2.05) is 6.26 Å². The fourth-order valence-corrected chi connectivity index (χ4v) is 3.97. The molecule has 1 aliphatic rings. The monoisotopic (exact) mass is 332 g/mol. The van der Waals surface area contributed by atoms with E-state index >= 15 is 0 Å². The second kappa shape index (κ2) is 5.79. The van der Waals surface area contributed by atoms with Crippen molar-refractivity contribution < 1.29 is 13.3 Å². The number of nitrogens with two attached hydrogens (primary N) is 1. The molecule has 1 aromatic carbocycles. The summed E-state index contributed by atoms with van der Waals surface area (Å²) in [6.45, 7) is 0.268. The Labute approximate surface area is 126 Å². The molecule has 1 aromatic rings. The summed E-state index contributed by atoms with van der Waals surface area (Å²) in [5, 5.41) is 11.0. The third-order valence-electron chi connectivity index (χ3n) is 3.44.